The molecule has 112 valence electrons. The normalized spacial score (nSPS) is 13.8. The third kappa shape index (κ3) is 5.59. The molecule has 0 bridgehead atoms. The number of benzene rings is 1. The highest BCUT2D eigenvalue weighted by Gasteiger charge is 2.11. The van der Waals surface area contributed by atoms with E-state index in [2.05, 4.69) is 26.6 Å². The van der Waals surface area contributed by atoms with Gasteiger partial charge in [-0.1, -0.05) is 28.9 Å². The second-order valence-electron chi connectivity index (χ2n) is 4.97. The number of carbonyl (C=O) groups is 1. The fourth-order valence-electron chi connectivity index (χ4n) is 1.81. The van der Waals surface area contributed by atoms with Crippen LogP contribution in [0.25, 0.3) is 0 Å². The Morgan fingerprint density at radius 2 is 2.10 bits per heavy atom. The van der Waals surface area contributed by atoms with E-state index in [-0.39, 0.29) is 23.8 Å². The predicted octanol–water partition coefficient (Wildman–Crippen LogP) is 3.54. The Bertz CT molecular complexity index is 453. The topological polar surface area (TPSA) is 41.1 Å². The lowest BCUT2D eigenvalue weighted by atomic mass is 10.1. The number of hydrogen-bond donors (Lipinski definition) is 2. The molecule has 0 radical (unpaired) electrons. The summed E-state index contributed by atoms with van der Waals surface area (Å²) >= 11 is 3.35. The lowest BCUT2D eigenvalue weighted by molar-refractivity contribution is -0.121. The molecule has 0 saturated heterocycles. The molecule has 0 spiro atoms. The maximum Gasteiger partial charge on any atom is 0.221 e. The molecule has 0 aliphatic rings. The molecule has 1 aromatic rings. The number of halogens is 2. The summed E-state index contributed by atoms with van der Waals surface area (Å²) in [5.41, 5.74) is 0.980. The van der Waals surface area contributed by atoms with Gasteiger partial charge in [-0.05, 0) is 38.0 Å². The van der Waals surface area contributed by atoms with Crippen molar-refractivity contribution in [2.45, 2.75) is 45.7 Å². The van der Waals surface area contributed by atoms with Crippen LogP contribution in [0.1, 0.15) is 45.2 Å². The summed E-state index contributed by atoms with van der Waals surface area (Å²) in [4.78, 5) is 11.6. The average Bonchev–Trinajstić information content (AvgIpc) is 2.38. The summed E-state index contributed by atoms with van der Waals surface area (Å²) < 4.78 is 13.8. The van der Waals surface area contributed by atoms with Crippen LogP contribution in [0, 0.1) is 5.82 Å². The Labute approximate surface area is 128 Å². The molecule has 1 rings (SSSR count). The van der Waals surface area contributed by atoms with Crippen molar-refractivity contribution in [2.24, 2.45) is 0 Å². The quantitative estimate of drug-likeness (QED) is 0.794. The Hall–Kier alpha value is -0.940. The van der Waals surface area contributed by atoms with E-state index in [0.717, 1.165) is 16.5 Å². The lowest BCUT2D eigenvalue weighted by Crippen LogP contribution is -2.34. The van der Waals surface area contributed by atoms with E-state index in [9.17, 15) is 9.18 Å². The van der Waals surface area contributed by atoms with E-state index in [1.165, 1.54) is 12.1 Å². The fourth-order valence-corrected chi connectivity index (χ4v) is 2.51. The Morgan fingerprint density at radius 3 is 2.70 bits per heavy atom. The molecule has 0 aliphatic heterocycles. The molecule has 1 aromatic carbocycles. The average molecular weight is 345 g/mol. The summed E-state index contributed by atoms with van der Waals surface area (Å²) in [5.74, 6) is -0.210. The Balaban J connectivity index is 2.40. The van der Waals surface area contributed by atoms with Crippen molar-refractivity contribution in [2.75, 3.05) is 6.54 Å². The van der Waals surface area contributed by atoms with Crippen LogP contribution in [-0.4, -0.2) is 18.5 Å². The van der Waals surface area contributed by atoms with Gasteiger partial charge in [-0.3, -0.25) is 4.79 Å². The van der Waals surface area contributed by atoms with Crippen LogP contribution in [0.15, 0.2) is 22.7 Å². The number of carbonyl (C=O) groups excluding carboxylic acids is 1. The van der Waals surface area contributed by atoms with Gasteiger partial charge in [-0.2, -0.15) is 0 Å². The third-order valence-corrected chi connectivity index (χ3v) is 3.94. The lowest BCUT2D eigenvalue weighted by Gasteiger charge is -2.16. The van der Waals surface area contributed by atoms with Crippen LogP contribution >= 0.6 is 15.9 Å². The fraction of sp³-hybridized carbons (Fsp3) is 0.533. The number of hydrogen-bond acceptors (Lipinski definition) is 2. The van der Waals surface area contributed by atoms with E-state index < -0.39 is 0 Å². The number of amides is 1. The standard InChI is InChI=1S/C15H22BrFN2O/c1-4-10(2)19-15(20)7-8-18-11(3)13-6-5-12(17)9-14(13)16/h5-6,9-11,18H,4,7-8H2,1-3H3,(H,19,20). The largest absolute Gasteiger partial charge is 0.354 e. The SMILES string of the molecule is CCC(C)NC(=O)CCNC(C)c1ccc(F)cc1Br. The van der Waals surface area contributed by atoms with Crippen molar-refractivity contribution in [1.82, 2.24) is 10.6 Å². The van der Waals surface area contributed by atoms with Crippen molar-refractivity contribution >= 4 is 21.8 Å². The van der Waals surface area contributed by atoms with E-state index in [0.29, 0.717) is 13.0 Å². The van der Waals surface area contributed by atoms with E-state index in [4.69, 9.17) is 0 Å². The van der Waals surface area contributed by atoms with Crippen molar-refractivity contribution in [1.29, 1.82) is 0 Å². The predicted molar refractivity (Wildman–Crippen MR) is 83.0 cm³/mol. The minimum Gasteiger partial charge on any atom is -0.354 e. The van der Waals surface area contributed by atoms with Crippen LogP contribution in [0.5, 0.6) is 0 Å². The first kappa shape index (κ1) is 17.1. The number of nitrogens with one attached hydrogen (secondary N) is 2. The van der Waals surface area contributed by atoms with Crippen LogP contribution in [0.2, 0.25) is 0 Å². The summed E-state index contributed by atoms with van der Waals surface area (Å²) in [6.45, 7) is 6.61. The molecular weight excluding hydrogens is 323 g/mol. The van der Waals surface area contributed by atoms with Crippen molar-refractivity contribution in [3.63, 3.8) is 0 Å². The molecule has 2 unspecified atom stereocenters. The zero-order valence-corrected chi connectivity index (χ0v) is 13.8. The smallest absolute Gasteiger partial charge is 0.221 e. The maximum absolute atomic E-state index is 13.0. The number of rotatable bonds is 7. The van der Waals surface area contributed by atoms with Crippen LogP contribution in [0.4, 0.5) is 4.39 Å². The van der Waals surface area contributed by atoms with Crippen LogP contribution in [0.3, 0.4) is 0 Å². The monoisotopic (exact) mass is 344 g/mol. The first-order valence-electron chi connectivity index (χ1n) is 6.91. The molecule has 1 amide bonds. The van der Waals surface area contributed by atoms with Gasteiger partial charge in [-0.25, -0.2) is 4.39 Å². The van der Waals surface area contributed by atoms with Gasteiger partial charge in [-0.15, -0.1) is 0 Å². The molecule has 2 N–H and O–H groups in total. The van der Waals surface area contributed by atoms with Gasteiger partial charge in [0.05, 0.1) is 0 Å². The Kier molecular flexibility index (Phi) is 7.16. The molecular formula is C15H22BrFN2O. The molecule has 3 nitrogen and oxygen atoms in total. The van der Waals surface area contributed by atoms with E-state index in [1.807, 2.05) is 20.8 Å². The van der Waals surface area contributed by atoms with Gasteiger partial charge in [0.15, 0.2) is 0 Å². The molecule has 0 aliphatic carbocycles. The highest BCUT2D eigenvalue weighted by molar-refractivity contribution is 9.10. The second kappa shape index (κ2) is 8.37. The first-order valence-corrected chi connectivity index (χ1v) is 7.71. The van der Waals surface area contributed by atoms with Gasteiger partial charge in [0.25, 0.3) is 0 Å². The molecule has 5 heteroatoms. The summed E-state index contributed by atoms with van der Waals surface area (Å²) in [6, 6.07) is 4.90. The van der Waals surface area contributed by atoms with Gasteiger partial charge in [0, 0.05) is 29.5 Å². The molecule has 20 heavy (non-hydrogen) atoms. The summed E-state index contributed by atoms with van der Waals surface area (Å²) in [5, 5.41) is 6.19. The third-order valence-electron chi connectivity index (χ3n) is 3.25. The zero-order chi connectivity index (χ0) is 15.1. The van der Waals surface area contributed by atoms with Crippen molar-refractivity contribution < 1.29 is 9.18 Å². The highest BCUT2D eigenvalue weighted by atomic mass is 79.9. The highest BCUT2D eigenvalue weighted by Crippen LogP contribution is 2.23. The maximum atomic E-state index is 13.0. The van der Waals surface area contributed by atoms with Gasteiger partial charge in [0.1, 0.15) is 5.82 Å². The minimum atomic E-state index is -0.263. The minimum absolute atomic E-state index is 0.0530. The van der Waals surface area contributed by atoms with Gasteiger partial charge < -0.3 is 10.6 Å². The van der Waals surface area contributed by atoms with Crippen molar-refractivity contribution in [3.8, 4) is 0 Å². The van der Waals surface area contributed by atoms with Gasteiger partial charge in [0.2, 0.25) is 5.91 Å². The second-order valence-corrected chi connectivity index (χ2v) is 5.82. The Morgan fingerprint density at radius 1 is 1.40 bits per heavy atom. The molecule has 0 saturated carbocycles. The van der Waals surface area contributed by atoms with Gasteiger partial charge >= 0.3 is 0 Å². The molecule has 0 fully saturated rings. The molecule has 2 atom stereocenters. The van der Waals surface area contributed by atoms with Crippen LogP contribution < -0.4 is 10.6 Å². The molecule has 0 aromatic heterocycles. The molecule has 0 heterocycles. The summed E-state index contributed by atoms with van der Waals surface area (Å²) in [7, 11) is 0. The van der Waals surface area contributed by atoms with Crippen LogP contribution in [-0.2, 0) is 4.79 Å². The first-order chi connectivity index (χ1) is 9.43. The zero-order valence-electron chi connectivity index (χ0n) is 12.2. The van der Waals surface area contributed by atoms with Crippen molar-refractivity contribution in [3.05, 3.63) is 34.1 Å². The van der Waals surface area contributed by atoms with E-state index >= 15 is 0 Å². The van der Waals surface area contributed by atoms with E-state index in [1.54, 1.807) is 6.07 Å². The summed E-state index contributed by atoms with van der Waals surface area (Å²) in [6.07, 6.45) is 1.37.